The van der Waals surface area contributed by atoms with Crippen LogP contribution in [-0.2, 0) is 21.5 Å². The Balaban J connectivity index is 1.38. The number of amides is 2. The molecular weight excluding hydrogens is 522 g/mol. The Bertz CT molecular complexity index is 1690. The van der Waals surface area contributed by atoms with E-state index in [0.29, 0.717) is 10.9 Å². The van der Waals surface area contributed by atoms with Gasteiger partial charge in [0.1, 0.15) is 4.90 Å². The van der Waals surface area contributed by atoms with Gasteiger partial charge in [0.2, 0.25) is 0 Å². The lowest BCUT2D eigenvalue weighted by molar-refractivity contribution is -0.123. The second kappa shape index (κ2) is 10.4. The van der Waals surface area contributed by atoms with E-state index in [4.69, 9.17) is 8.92 Å². The molecule has 0 radical (unpaired) electrons. The number of hydrogen-bond donors (Lipinski definition) is 0. The second-order valence-corrected chi connectivity index (χ2v) is 11.2. The molecule has 9 heteroatoms. The number of nitrogens with zero attached hydrogens (tertiary/aromatic N) is 1. The number of imide groups is 1. The van der Waals surface area contributed by atoms with Gasteiger partial charge in [0.25, 0.3) is 11.1 Å². The predicted molar refractivity (Wildman–Crippen MR) is 147 cm³/mol. The molecule has 38 heavy (non-hydrogen) atoms. The van der Waals surface area contributed by atoms with Crippen LogP contribution in [0, 0.1) is 6.92 Å². The highest BCUT2D eigenvalue weighted by Gasteiger charge is 2.35. The molecule has 0 aliphatic carbocycles. The van der Waals surface area contributed by atoms with Gasteiger partial charge in [-0.1, -0.05) is 72.3 Å². The Morgan fingerprint density at radius 3 is 2.39 bits per heavy atom. The molecule has 1 saturated heterocycles. The molecule has 2 amide bonds. The first-order chi connectivity index (χ1) is 18.2. The third-order valence-electron chi connectivity index (χ3n) is 6.04. The van der Waals surface area contributed by atoms with Gasteiger partial charge in [-0.05, 0) is 59.5 Å². The van der Waals surface area contributed by atoms with E-state index in [1.165, 1.54) is 24.1 Å². The number of hydrogen-bond acceptors (Lipinski definition) is 7. The molecule has 0 atom stereocenters. The highest BCUT2D eigenvalue weighted by Crippen LogP contribution is 2.36. The fourth-order valence-electron chi connectivity index (χ4n) is 4.08. The number of methoxy groups -OCH3 is 1. The summed E-state index contributed by atoms with van der Waals surface area (Å²) in [6.45, 7) is 2.15. The lowest BCUT2D eigenvalue weighted by atomic mass is 10.1. The maximum atomic E-state index is 13.2. The van der Waals surface area contributed by atoms with Crippen LogP contribution in [0.4, 0.5) is 4.79 Å². The van der Waals surface area contributed by atoms with Crippen molar-refractivity contribution in [2.45, 2.75) is 18.4 Å². The van der Waals surface area contributed by atoms with E-state index < -0.39 is 16.0 Å². The van der Waals surface area contributed by atoms with Crippen molar-refractivity contribution in [3.63, 3.8) is 0 Å². The number of thioether (sulfide) groups is 1. The van der Waals surface area contributed by atoms with Crippen molar-refractivity contribution < 1.29 is 26.9 Å². The van der Waals surface area contributed by atoms with Gasteiger partial charge in [-0.3, -0.25) is 14.5 Å². The molecular formula is C29H23NO6S2. The third kappa shape index (κ3) is 5.16. The fourth-order valence-corrected chi connectivity index (χ4v) is 6.09. The fraction of sp³-hybridized carbons (Fsp3) is 0.103. The van der Waals surface area contributed by atoms with Gasteiger partial charge >= 0.3 is 10.1 Å². The normalized spacial score (nSPS) is 14.9. The van der Waals surface area contributed by atoms with E-state index in [0.717, 1.165) is 28.3 Å². The van der Waals surface area contributed by atoms with Gasteiger partial charge in [-0.15, -0.1) is 0 Å². The van der Waals surface area contributed by atoms with Crippen LogP contribution in [0.25, 0.3) is 16.8 Å². The molecule has 0 bridgehead atoms. The van der Waals surface area contributed by atoms with Crippen LogP contribution in [0.3, 0.4) is 0 Å². The largest absolute Gasteiger partial charge is 0.493 e. The van der Waals surface area contributed by atoms with Crippen LogP contribution in [0.2, 0.25) is 0 Å². The number of benzene rings is 4. The van der Waals surface area contributed by atoms with Crippen LogP contribution in [-0.4, -0.2) is 31.6 Å². The van der Waals surface area contributed by atoms with E-state index in [1.807, 2.05) is 49.4 Å². The standard InChI is InChI=1S/C29H23NO6S2/c1-19-10-12-20(13-11-19)18-30-28(31)26(37-29(30)32)17-21-14-15-24(25(16-21)35-2)36-38(33,34)27-9-5-7-22-6-3-4-8-23(22)27/h3-17H,18H2,1-2H3/b26-17-. The summed E-state index contributed by atoms with van der Waals surface area (Å²) in [5.41, 5.74) is 2.50. The number of fused-ring (bicyclic) bond motifs is 1. The van der Waals surface area contributed by atoms with Crippen molar-refractivity contribution in [2.24, 2.45) is 0 Å². The van der Waals surface area contributed by atoms with Crippen LogP contribution in [0.1, 0.15) is 16.7 Å². The van der Waals surface area contributed by atoms with Crippen LogP contribution in [0.5, 0.6) is 11.5 Å². The molecule has 0 unspecified atom stereocenters. The van der Waals surface area contributed by atoms with Gasteiger partial charge in [-0.25, -0.2) is 0 Å². The Labute approximate surface area is 224 Å². The number of ether oxygens (including phenoxy) is 1. The smallest absolute Gasteiger partial charge is 0.339 e. The van der Waals surface area contributed by atoms with Crippen molar-refractivity contribution in [1.82, 2.24) is 4.90 Å². The molecule has 1 aliphatic heterocycles. The topological polar surface area (TPSA) is 90.0 Å². The molecule has 0 aromatic heterocycles. The summed E-state index contributed by atoms with van der Waals surface area (Å²) in [6, 6.07) is 24.4. The Hall–Kier alpha value is -4.08. The highest BCUT2D eigenvalue weighted by molar-refractivity contribution is 8.18. The molecule has 0 saturated carbocycles. The quantitative estimate of drug-likeness (QED) is 0.203. The summed E-state index contributed by atoms with van der Waals surface area (Å²) in [6.07, 6.45) is 1.57. The van der Waals surface area contributed by atoms with Crippen molar-refractivity contribution in [1.29, 1.82) is 0 Å². The van der Waals surface area contributed by atoms with E-state index in [1.54, 1.807) is 36.4 Å². The van der Waals surface area contributed by atoms with Crippen molar-refractivity contribution >= 4 is 49.9 Å². The first-order valence-corrected chi connectivity index (χ1v) is 13.9. The molecule has 4 aromatic rings. The monoisotopic (exact) mass is 545 g/mol. The zero-order chi connectivity index (χ0) is 26.9. The summed E-state index contributed by atoms with van der Waals surface area (Å²) in [7, 11) is -2.77. The zero-order valence-corrected chi connectivity index (χ0v) is 22.2. The first-order valence-electron chi connectivity index (χ1n) is 11.7. The average Bonchev–Trinajstić information content (AvgIpc) is 3.17. The SMILES string of the molecule is COc1cc(/C=C2\SC(=O)N(Cc3ccc(C)cc3)C2=O)ccc1OS(=O)(=O)c1cccc2ccccc12. The van der Waals surface area contributed by atoms with Crippen molar-refractivity contribution in [3.8, 4) is 11.5 Å². The first kappa shape index (κ1) is 25.6. The van der Waals surface area contributed by atoms with Gasteiger partial charge < -0.3 is 8.92 Å². The predicted octanol–water partition coefficient (Wildman–Crippen LogP) is 6.16. The third-order valence-corrected chi connectivity index (χ3v) is 8.24. The number of aryl methyl sites for hydroxylation is 1. The summed E-state index contributed by atoms with van der Waals surface area (Å²) >= 11 is 0.856. The maximum absolute atomic E-state index is 13.2. The van der Waals surface area contributed by atoms with Gasteiger partial charge in [0.05, 0.1) is 18.6 Å². The summed E-state index contributed by atoms with van der Waals surface area (Å²) in [5, 5.41) is 0.970. The van der Waals surface area contributed by atoms with E-state index >= 15 is 0 Å². The Morgan fingerprint density at radius 1 is 0.895 bits per heavy atom. The van der Waals surface area contributed by atoms with Crippen molar-refractivity contribution in [2.75, 3.05) is 7.11 Å². The van der Waals surface area contributed by atoms with Crippen LogP contribution < -0.4 is 8.92 Å². The summed E-state index contributed by atoms with van der Waals surface area (Å²) in [4.78, 5) is 27.0. The zero-order valence-electron chi connectivity index (χ0n) is 20.6. The molecule has 0 N–H and O–H groups in total. The van der Waals surface area contributed by atoms with Gasteiger partial charge in [0.15, 0.2) is 11.5 Å². The van der Waals surface area contributed by atoms with E-state index in [-0.39, 0.29) is 33.1 Å². The lowest BCUT2D eigenvalue weighted by Crippen LogP contribution is -2.27. The van der Waals surface area contributed by atoms with E-state index in [9.17, 15) is 18.0 Å². The van der Waals surface area contributed by atoms with Crippen molar-refractivity contribution in [3.05, 3.63) is 107 Å². The minimum absolute atomic E-state index is 0.00468. The summed E-state index contributed by atoms with van der Waals surface area (Å²) in [5.74, 6) is -0.218. The number of carbonyl (C=O) groups excluding carboxylic acids is 2. The molecule has 1 heterocycles. The van der Waals surface area contributed by atoms with Gasteiger partial charge in [0, 0.05) is 5.39 Å². The van der Waals surface area contributed by atoms with E-state index in [2.05, 4.69) is 0 Å². The second-order valence-electron chi connectivity index (χ2n) is 8.68. The molecule has 1 aliphatic rings. The molecule has 0 spiro atoms. The minimum atomic E-state index is -4.17. The Morgan fingerprint density at radius 2 is 1.63 bits per heavy atom. The Kier molecular flexibility index (Phi) is 6.96. The molecule has 7 nitrogen and oxygen atoms in total. The maximum Gasteiger partial charge on any atom is 0.339 e. The molecule has 5 rings (SSSR count). The molecule has 4 aromatic carbocycles. The van der Waals surface area contributed by atoms with Crippen LogP contribution in [0.15, 0.2) is 94.7 Å². The molecule has 192 valence electrons. The molecule has 1 fully saturated rings. The summed E-state index contributed by atoms with van der Waals surface area (Å²) < 4.78 is 37.2. The van der Waals surface area contributed by atoms with Crippen LogP contribution >= 0.6 is 11.8 Å². The van der Waals surface area contributed by atoms with Gasteiger partial charge in [-0.2, -0.15) is 8.42 Å². The average molecular weight is 546 g/mol. The highest BCUT2D eigenvalue weighted by atomic mass is 32.2. The lowest BCUT2D eigenvalue weighted by Gasteiger charge is -2.13. The minimum Gasteiger partial charge on any atom is -0.493 e. The number of rotatable bonds is 7. The number of carbonyl (C=O) groups is 2.